The lowest BCUT2D eigenvalue weighted by molar-refractivity contribution is -0.123. The van der Waals surface area contributed by atoms with Crippen molar-refractivity contribution in [3.63, 3.8) is 0 Å². The van der Waals surface area contributed by atoms with Gasteiger partial charge in [0.2, 0.25) is 5.78 Å². The Morgan fingerprint density at radius 3 is 2.47 bits per heavy atom. The van der Waals surface area contributed by atoms with E-state index in [-0.39, 0.29) is 12.4 Å². The summed E-state index contributed by atoms with van der Waals surface area (Å²) in [5.74, 6) is -0.138. The molecule has 2 aromatic carbocycles. The first-order valence-electron chi connectivity index (χ1n) is 10.5. The average Bonchev–Trinajstić information content (AvgIpc) is 3.14. The third kappa shape index (κ3) is 4.66. The number of ketones is 1. The summed E-state index contributed by atoms with van der Waals surface area (Å²) in [7, 11) is 1.52. The summed E-state index contributed by atoms with van der Waals surface area (Å²) in [5.41, 5.74) is 5.35. The first kappa shape index (κ1) is 22.7. The summed E-state index contributed by atoms with van der Waals surface area (Å²) in [6, 6.07) is 17.9. The molecule has 4 aromatic rings. The fourth-order valence-corrected chi connectivity index (χ4v) is 3.62. The Kier molecular flexibility index (Phi) is 6.68. The van der Waals surface area contributed by atoms with Crippen LogP contribution in [0.3, 0.4) is 0 Å². The van der Waals surface area contributed by atoms with Crippen LogP contribution in [0.1, 0.15) is 27.2 Å². The monoisotopic (exact) mass is 459 g/mol. The maximum absolute atomic E-state index is 13.3. The lowest BCUT2D eigenvalue weighted by atomic mass is 10.0. The molecule has 34 heavy (non-hydrogen) atoms. The van der Waals surface area contributed by atoms with E-state index in [4.69, 9.17) is 9.47 Å². The highest BCUT2D eigenvalue weighted by atomic mass is 19.1. The van der Waals surface area contributed by atoms with Gasteiger partial charge in [0.05, 0.1) is 24.5 Å². The molecular formula is C26H22FN3O4. The molecular weight excluding hydrogens is 437 g/mol. The zero-order chi connectivity index (χ0) is 24.1. The van der Waals surface area contributed by atoms with Gasteiger partial charge in [-0.25, -0.2) is 9.82 Å². The van der Waals surface area contributed by atoms with Crippen LogP contribution in [0.4, 0.5) is 4.39 Å². The molecule has 0 saturated carbocycles. The fourth-order valence-electron chi connectivity index (χ4n) is 3.62. The molecule has 0 atom stereocenters. The first-order valence-corrected chi connectivity index (χ1v) is 10.5. The van der Waals surface area contributed by atoms with Gasteiger partial charge in [-0.1, -0.05) is 18.2 Å². The molecule has 2 heterocycles. The zero-order valence-electron chi connectivity index (χ0n) is 18.6. The summed E-state index contributed by atoms with van der Waals surface area (Å²) in [5, 5.41) is 4.05. The molecule has 4 rings (SSSR count). The molecule has 1 N–H and O–H groups in total. The molecule has 0 saturated heterocycles. The van der Waals surface area contributed by atoms with Gasteiger partial charge in [0, 0.05) is 17.3 Å². The average molecular weight is 459 g/mol. The number of carbonyl (C=O) groups is 2. The minimum atomic E-state index is -0.453. The highest BCUT2D eigenvalue weighted by molar-refractivity contribution is 6.12. The number of hydrogen-bond donors (Lipinski definition) is 1. The van der Waals surface area contributed by atoms with Crippen LogP contribution in [0.5, 0.6) is 11.5 Å². The third-order valence-corrected chi connectivity index (χ3v) is 5.27. The van der Waals surface area contributed by atoms with Gasteiger partial charge in [-0.3, -0.25) is 9.59 Å². The number of amides is 1. The number of rotatable bonds is 8. The minimum Gasteiger partial charge on any atom is -0.493 e. The molecule has 7 nitrogen and oxygen atoms in total. The van der Waals surface area contributed by atoms with Crippen molar-refractivity contribution in [2.24, 2.45) is 5.10 Å². The predicted molar refractivity (Wildman–Crippen MR) is 126 cm³/mol. The number of nitrogens with zero attached hydrogens (tertiary/aromatic N) is 2. The number of methoxy groups -OCH3 is 1. The van der Waals surface area contributed by atoms with Crippen LogP contribution >= 0.6 is 0 Å². The number of ether oxygens (including phenoxy) is 2. The summed E-state index contributed by atoms with van der Waals surface area (Å²) in [6.07, 6.45) is 3.27. The van der Waals surface area contributed by atoms with Crippen molar-refractivity contribution >= 4 is 23.4 Å². The smallest absolute Gasteiger partial charge is 0.277 e. The Bertz CT molecular complexity index is 1380. The van der Waals surface area contributed by atoms with Crippen molar-refractivity contribution in [3.05, 3.63) is 101 Å². The molecule has 2 aromatic heterocycles. The number of benzene rings is 2. The fraction of sp³-hybridized carbons (Fsp3) is 0.115. The minimum absolute atomic E-state index is 0.243. The van der Waals surface area contributed by atoms with Crippen molar-refractivity contribution in [1.82, 2.24) is 9.83 Å². The Morgan fingerprint density at radius 2 is 1.74 bits per heavy atom. The molecule has 0 aliphatic rings. The Morgan fingerprint density at radius 1 is 1.03 bits per heavy atom. The van der Waals surface area contributed by atoms with Crippen molar-refractivity contribution in [3.8, 4) is 11.5 Å². The molecule has 0 bridgehead atoms. The van der Waals surface area contributed by atoms with E-state index in [2.05, 4.69) is 10.5 Å². The Hall–Kier alpha value is -4.46. The van der Waals surface area contributed by atoms with Crippen LogP contribution in [0.25, 0.3) is 5.52 Å². The van der Waals surface area contributed by atoms with E-state index in [1.165, 1.54) is 37.6 Å². The van der Waals surface area contributed by atoms with Gasteiger partial charge in [-0.2, -0.15) is 5.10 Å². The number of carbonyl (C=O) groups excluding carboxylic acids is 2. The third-order valence-electron chi connectivity index (χ3n) is 5.27. The Labute approximate surface area is 195 Å². The number of para-hydroxylation sites is 2. The van der Waals surface area contributed by atoms with Crippen molar-refractivity contribution < 1.29 is 23.5 Å². The second-order valence-electron chi connectivity index (χ2n) is 7.41. The molecule has 0 aliphatic carbocycles. The van der Waals surface area contributed by atoms with Gasteiger partial charge >= 0.3 is 0 Å². The number of hydrazone groups is 1. The number of hydrogen-bond acceptors (Lipinski definition) is 5. The maximum atomic E-state index is 13.3. The molecule has 0 radical (unpaired) electrons. The number of pyridine rings is 1. The van der Waals surface area contributed by atoms with E-state index in [0.717, 1.165) is 5.52 Å². The second kappa shape index (κ2) is 9.99. The van der Waals surface area contributed by atoms with Crippen LogP contribution in [0, 0.1) is 12.7 Å². The summed E-state index contributed by atoms with van der Waals surface area (Å²) in [4.78, 5) is 25.4. The maximum Gasteiger partial charge on any atom is 0.277 e. The lowest BCUT2D eigenvalue weighted by Gasteiger charge is -2.09. The van der Waals surface area contributed by atoms with Gasteiger partial charge in [0.15, 0.2) is 18.1 Å². The zero-order valence-corrected chi connectivity index (χ0v) is 18.6. The summed E-state index contributed by atoms with van der Waals surface area (Å²) in [6.45, 7) is 1.55. The van der Waals surface area contributed by atoms with Crippen LogP contribution in [-0.2, 0) is 4.79 Å². The van der Waals surface area contributed by atoms with E-state index >= 15 is 0 Å². The molecule has 8 heteroatoms. The molecule has 1 amide bonds. The van der Waals surface area contributed by atoms with Crippen LogP contribution in [0.2, 0.25) is 0 Å². The summed E-state index contributed by atoms with van der Waals surface area (Å²) >= 11 is 0. The highest BCUT2D eigenvalue weighted by Gasteiger charge is 2.21. The van der Waals surface area contributed by atoms with Crippen molar-refractivity contribution in [2.75, 3.05) is 13.7 Å². The highest BCUT2D eigenvalue weighted by Crippen LogP contribution is 2.26. The number of halogens is 1. The SMILES string of the molecule is COc1ccccc1OCC(=O)NN=Cc1c(C)c(C(=O)c2ccc(F)cc2)n2ccccc12. The van der Waals surface area contributed by atoms with Crippen LogP contribution in [0.15, 0.2) is 78.0 Å². The van der Waals surface area contributed by atoms with E-state index in [1.54, 1.807) is 41.8 Å². The molecule has 0 fully saturated rings. The van der Waals surface area contributed by atoms with Crippen molar-refractivity contribution in [2.45, 2.75) is 6.92 Å². The van der Waals surface area contributed by atoms with Gasteiger partial charge in [-0.15, -0.1) is 0 Å². The molecule has 0 spiro atoms. The number of nitrogens with one attached hydrogen (secondary N) is 1. The van der Waals surface area contributed by atoms with Crippen LogP contribution in [-0.4, -0.2) is 36.0 Å². The van der Waals surface area contributed by atoms with Gasteiger partial charge in [0.25, 0.3) is 5.91 Å². The predicted octanol–water partition coefficient (Wildman–Crippen LogP) is 4.16. The van der Waals surface area contributed by atoms with Gasteiger partial charge in [-0.05, 0) is 61.0 Å². The quantitative estimate of drug-likeness (QED) is 0.244. The van der Waals surface area contributed by atoms with E-state index in [9.17, 15) is 14.0 Å². The van der Waals surface area contributed by atoms with E-state index < -0.39 is 11.7 Å². The molecule has 0 unspecified atom stereocenters. The standard InChI is InChI=1S/C26H22FN3O4/c1-17-20(15-28-29-24(31)16-34-23-9-4-3-8-22(23)33-2)21-7-5-6-14-30(21)25(17)26(32)18-10-12-19(27)13-11-18/h3-15H,16H2,1-2H3,(H,29,31). The molecule has 0 aliphatic heterocycles. The van der Waals surface area contributed by atoms with Gasteiger partial charge < -0.3 is 13.9 Å². The van der Waals surface area contributed by atoms with Crippen molar-refractivity contribution in [1.29, 1.82) is 0 Å². The first-order chi connectivity index (χ1) is 16.5. The van der Waals surface area contributed by atoms with E-state index in [1.807, 2.05) is 18.2 Å². The van der Waals surface area contributed by atoms with Gasteiger partial charge in [0.1, 0.15) is 5.82 Å². The summed E-state index contributed by atoms with van der Waals surface area (Å²) < 4.78 is 25.7. The molecule has 172 valence electrons. The number of fused-ring (bicyclic) bond motifs is 1. The topological polar surface area (TPSA) is 81.4 Å². The lowest BCUT2D eigenvalue weighted by Crippen LogP contribution is -2.24. The normalized spacial score (nSPS) is 11.0. The van der Waals surface area contributed by atoms with E-state index in [0.29, 0.717) is 33.9 Å². The second-order valence-corrected chi connectivity index (χ2v) is 7.41. The largest absolute Gasteiger partial charge is 0.493 e. The van der Waals surface area contributed by atoms with Crippen LogP contribution < -0.4 is 14.9 Å². The Balaban J connectivity index is 1.53. The number of aromatic nitrogens is 1.